The summed E-state index contributed by atoms with van der Waals surface area (Å²) in [6.07, 6.45) is 0.0548. The molecule has 4 rings (SSSR count). The van der Waals surface area contributed by atoms with E-state index >= 15 is 0 Å². The Morgan fingerprint density at radius 1 is 0.947 bits per heavy atom. The lowest BCUT2D eigenvalue weighted by molar-refractivity contribution is -0.126. The summed E-state index contributed by atoms with van der Waals surface area (Å²) in [5.41, 5.74) is 2.63. The number of hydrogen-bond acceptors (Lipinski definition) is 7. The van der Waals surface area contributed by atoms with Crippen LogP contribution in [0.4, 0.5) is 0 Å². The molecule has 0 bridgehead atoms. The number of carbonyl (C=O) groups is 2. The molecular formula is C29H31NO7S. The highest BCUT2D eigenvalue weighted by Gasteiger charge is 2.30. The van der Waals surface area contributed by atoms with Crippen LogP contribution in [0.1, 0.15) is 73.2 Å². The number of aryl methyl sites for hydroxylation is 1. The van der Waals surface area contributed by atoms with Crippen molar-refractivity contribution in [2.45, 2.75) is 57.5 Å². The van der Waals surface area contributed by atoms with Crippen LogP contribution in [0.3, 0.4) is 0 Å². The van der Waals surface area contributed by atoms with Gasteiger partial charge in [0.15, 0.2) is 17.3 Å². The topological polar surface area (TPSA) is 108 Å². The smallest absolute Gasteiger partial charge is 0.279 e. The zero-order chi connectivity index (χ0) is 27.4. The van der Waals surface area contributed by atoms with Crippen LogP contribution in [0.15, 0.2) is 65.6 Å². The van der Waals surface area contributed by atoms with E-state index in [1.165, 1.54) is 19.1 Å². The number of hydrogen-bond donors (Lipinski definition) is 1. The van der Waals surface area contributed by atoms with Gasteiger partial charge in [0.05, 0.1) is 4.90 Å². The molecule has 9 heteroatoms. The van der Waals surface area contributed by atoms with Gasteiger partial charge in [0.25, 0.3) is 15.9 Å². The molecule has 0 saturated heterocycles. The van der Waals surface area contributed by atoms with Gasteiger partial charge in [-0.1, -0.05) is 45.4 Å². The molecule has 0 aromatic heterocycles. The summed E-state index contributed by atoms with van der Waals surface area (Å²) in [4.78, 5) is 25.4. The van der Waals surface area contributed by atoms with Crippen LogP contribution in [0, 0.1) is 0 Å². The molecule has 0 aliphatic carbocycles. The number of benzene rings is 3. The first kappa shape index (κ1) is 27.2. The van der Waals surface area contributed by atoms with Crippen molar-refractivity contribution >= 4 is 21.7 Å². The zero-order valence-electron chi connectivity index (χ0n) is 21.8. The number of nitrogens with one attached hydrogen (secondary N) is 1. The van der Waals surface area contributed by atoms with Gasteiger partial charge in [-0.3, -0.25) is 9.59 Å². The van der Waals surface area contributed by atoms with Gasteiger partial charge >= 0.3 is 0 Å². The van der Waals surface area contributed by atoms with Gasteiger partial charge in [-0.25, -0.2) is 13.1 Å². The number of ether oxygens (including phenoxy) is 3. The predicted molar refractivity (Wildman–Crippen MR) is 142 cm³/mol. The number of amides is 1. The molecule has 1 amide bonds. The molecule has 1 unspecified atom stereocenters. The van der Waals surface area contributed by atoms with Crippen molar-refractivity contribution < 1.29 is 32.2 Å². The molecule has 3 aromatic rings. The molecule has 0 spiro atoms. The van der Waals surface area contributed by atoms with Crippen molar-refractivity contribution in [2.24, 2.45) is 0 Å². The van der Waals surface area contributed by atoms with Gasteiger partial charge in [-0.2, -0.15) is 0 Å². The van der Waals surface area contributed by atoms with Crippen molar-refractivity contribution in [3.05, 3.63) is 82.9 Å². The van der Waals surface area contributed by atoms with E-state index in [1.807, 2.05) is 20.8 Å². The monoisotopic (exact) mass is 537 g/mol. The molecule has 0 radical (unpaired) electrons. The number of carbonyl (C=O) groups excluding carboxylic acids is 2. The second-order valence-corrected chi connectivity index (χ2v) is 11.1. The van der Waals surface area contributed by atoms with Crippen molar-refractivity contribution in [1.29, 1.82) is 0 Å². The van der Waals surface area contributed by atoms with E-state index in [9.17, 15) is 18.0 Å². The Morgan fingerprint density at radius 3 is 2.29 bits per heavy atom. The highest BCUT2D eigenvalue weighted by atomic mass is 32.2. The fourth-order valence-electron chi connectivity index (χ4n) is 4.13. The summed E-state index contributed by atoms with van der Waals surface area (Å²) in [7, 11) is -4.18. The number of Topliss-reactive ketones (excluding diaryl/α,β-unsaturated/α-hetero) is 1. The Balaban J connectivity index is 1.69. The lowest BCUT2D eigenvalue weighted by atomic mass is 10.0. The van der Waals surface area contributed by atoms with Crippen molar-refractivity contribution in [3.63, 3.8) is 0 Å². The van der Waals surface area contributed by atoms with Crippen LogP contribution in [0.2, 0.25) is 0 Å². The third-order valence-corrected chi connectivity index (χ3v) is 7.62. The predicted octanol–water partition coefficient (Wildman–Crippen LogP) is 5.32. The van der Waals surface area contributed by atoms with Crippen LogP contribution < -0.4 is 18.9 Å². The summed E-state index contributed by atoms with van der Waals surface area (Å²) in [6.45, 7) is 7.53. The third kappa shape index (κ3) is 5.99. The van der Waals surface area contributed by atoms with Crippen molar-refractivity contribution in [2.75, 3.05) is 6.79 Å². The molecule has 38 heavy (non-hydrogen) atoms. The summed E-state index contributed by atoms with van der Waals surface area (Å²) in [5.74, 6) is 0.605. The lowest BCUT2D eigenvalue weighted by Gasteiger charge is -2.21. The highest BCUT2D eigenvalue weighted by Crippen LogP contribution is 2.36. The molecule has 1 aliphatic heterocycles. The number of rotatable bonds is 10. The second-order valence-electron chi connectivity index (χ2n) is 9.43. The summed E-state index contributed by atoms with van der Waals surface area (Å²) in [6, 6.07) is 16.3. The van der Waals surface area contributed by atoms with Crippen LogP contribution >= 0.6 is 0 Å². The maximum Gasteiger partial charge on any atom is 0.279 e. The normalized spacial score (nSPS) is 13.3. The number of sulfonamides is 1. The molecule has 8 nitrogen and oxygen atoms in total. The minimum atomic E-state index is -4.18. The summed E-state index contributed by atoms with van der Waals surface area (Å²) in [5, 5.41) is 0. The largest absolute Gasteiger partial charge is 0.475 e. The number of ketones is 1. The quantitative estimate of drug-likeness (QED) is 0.349. The molecule has 3 aromatic carbocycles. The van der Waals surface area contributed by atoms with Crippen LogP contribution in [0.5, 0.6) is 17.2 Å². The van der Waals surface area contributed by atoms with Gasteiger partial charge in [0.1, 0.15) is 5.75 Å². The average molecular weight is 538 g/mol. The van der Waals surface area contributed by atoms with Gasteiger partial charge in [0.2, 0.25) is 12.9 Å². The maximum absolute atomic E-state index is 13.5. The third-order valence-electron chi connectivity index (χ3n) is 6.26. The van der Waals surface area contributed by atoms with Crippen LogP contribution in [-0.4, -0.2) is 26.9 Å². The Hall–Kier alpha value is -3.85. The fraction of sp³-hybridized carbons (Fsp3) is 0.310. The summed E-state index contributed by atoms with van der Waals surface area (Å²) < 4.78 is 45.4. The zero-order valence-corrected chi connectivity index (χ0v) is 22.6. The first-order chi connectivity index (χ1) is 18.1. The number of fused-ring (bicyclic) bond motifs is 1. The molecule has 0 saturated carbocycles. The van der Waals surface area contributed by atoms with Gasteiger partial charge in [-0.15, -0.1) is 0 Å². The lowest BCUT2D eigenvalue weighted by Crippen LogP contribution is -2.37. The van der Waals surface area contributed by atoms with E-state index in [0.717, 1.165) is 17.5 Å². The SMILES string of the molecule is CCCc1cc(C(C)=O)ccc1OC(C(=O)NS(=O)(=O)c1ccc(C(C)C)cc1)c1ccc2c(c1)OCO2. The second kappa shape index (κ2) is 11.3. The Bertz CT molecular complexity index is 1450. The molecule has 1 N–H and O–H groups in total. The minimum absolute atomic E-state index is 0.0304. The molecule has 200 valence electrons. The Labute approximate surface area is 223 Å². The van der Waals surface area contributed by atoms with E-state index in [-0.39, 0.29) is 23.4 Å². The van der Waals surface area contributed by atoms with E-state index in [0.29, 0.717) is 34.8 Å². The first-order valence-electron chi connectivity index (χ1n) is 12.5. The first-order valence-corrected chi connectivity index (χ1v) is 13.9. The Kier molecular flexibility index (Phi) is 8.06. The standard InChI is InChI=1S/C29H31NO7S/c1-5-6-22-15-21(19(4)31)9-13-25(22)37-28(23-10-14-26-27(16-23)36-17-35-26)29(32)30-38(33,34)24-11-7-20(8-12-24)18(2)3/h7-16,18,28H,5-6,17H2,1-4H3,(H,30,32). The van der Waals surface area contributed by atoms with Gasteiger partial charge < -0.3 is 14.2 Å². The molecule has 1 aliphatic rings. The van der Waals surface area contributed by atoms with E-state index in [4.69, 9.17) is 14.2 Å². The van der Waals surface area contributed by atoms with Crippen LogP contribution in [-0.2, 0) is 21.2 Å². The van der Waals surface area contributed by atoms with Crippen molar-refractivity contribution in [3.8, 4) is 17.2 Å². The average Bonchev–Trinajstić information content (AvgIpc) is 3.35. The summed E-state index contributed by atoms with van der Waals surface area (Å²) >= 11 is 0. The van der Waals surface area contributed by atoms with Crippen molar-refractivity contribution in [1.82, 2.24) is 4.72 Å². The minimum Gasteiger partial charge on any atom is -0.475 e. The van der Waals surface area contributed by atoms with Gasteiger partial charge in [-0.05, 0) is 72.9 Å². The molecular weight excluding hydrogens is 506 g/mol. The fourth-order valence-corrected chi connectivity index (χ4v) is 5.12. The molecule has 0 fully saturated rings. The highest BCUT2D eigenvalue weighted by molar-refractivity contribution is 7.90. The Morgan fingerprint density at radius 2 is 1.63 bits per heavy atom. The molecule has 1 heterocycles. The molecule has 1 atom stereocenters. The van der Waals surface area contributed by atoms with Gasteiger partial charge in [0, 0.05) is 11.1 Å². The van der Waals surface area contributed by atoms with E-state index in [2.05, 4.69) is 4.72 Å². The van der Waals surface area contributed by atoms with E-state index in [1.54, 1.807) is 48.5 Å². The van der Waals surface area contributed by atoms with E-state index < -0.39 is 22.0 Å². The maximum atomic E-state index is 13.5. The van der Waals surface area contributed by atoms with Crippen LogP contribution in [0.25, 0.3) is 0 Å².